The SMILES string of the molecule is Cc1ccc(OCC(=O)Nc2ccc(Cl)cc2C(O)c2ccccc2)c(C)c1. The number of ether oxygens (including phenoxy) is 1. The summed E-state index contributed by atoms with van der Waals surface area (Å²) in [6.07, 6.45) is -0.907. The molecule has 1 unspecified atom stereocenters. The number of aliphatic hydroxyl groups is 1. The number of carbonyl (C=O) groups excluding carboxylic acids is 1. The van der Waals surface area contributed by atoms with E-state index in [4.69, 9.17) is 16.3 Å². The Balaban J connectivity index is 1.74. The van der Waals surface area contributed by atoms with Gasteiger partial charge in [-0.2, -0.15) is 0 Å². The molecule has 1 atom stereocenters. The van der Waals surface area contributed by atoms with Crippen LogP contribution in [0.3, 0.4) is 0 Å². The topological polar surface area (TPSA) is 58.6 Å². The van der Waals surface area contributed by atoms with Gasteiger partial charge in [-0.3, -0.25) is 4.79 Å². The van der Waals surface area contributed by atoms with Crippen LogP contribution in [-0.2, 0) is 4.79 Å². The maximum atomic E-state index is 12.4. The quantitative estimate of drug-likeness (QED) is 0.613. The van der Waals surface area contributed by atoms with E-state index in [1.807, 2.05) is 62.4 Å². The van der Waals surface area contributed by atoms with Gasteiger partial charge in [0.15, 0.2) is 6.61 Å². The van der Waals surface area contributed by atoms with E-state index in [2.05, 4.69) is 5.32 Å². The van der Waals surface area contributed by atoms with Crippen LogP contribution in [-0.4, -0.2) is 17.6 Å². The number of aliphatic hydroxyl groups excluding tert-OH is 1. The van der Waals surface area contributed by atoms with Crippen LogP contribution in [0.5, 0.6) is 5.75 Å². The van der Waals surface area contributed by atoms with E-state index >= 15 is 0 Å². The molecule has 0 aliphatic carbocycles. The number of anilines is 1. The van der Waals surface area contributed by atoms with Crippen LogP contribution in [0.15, 0.2) is 66.7 Å². The highest BCUT2D eigenvalue weighted by Crippen LogP contribution is 2.31. The standard InChI is InChI=1S/C23H22ClNO3/c1-15-8-11-21(16(2)12-15)28-14-22(26)25-20-10-9-18(24)13-19(20)23(27)17-6-4-3-5-7-17/h3-13,23,27H,14H2,1-2H3,(H,25,26). The van der Waals surface area contributed by atoms with Gasteiger partial charge < -0.3 is 15.2 Å². The number of nitrogens with one attached hydrogen (secondary N) is 1. The van der Waals surface area contributed by atoms with E-state index in [1.54, 1.807) is 18.2 Å². The summed E-state index contributed by atoms with van der Waals surface area (Å²) in [4.78, 5) is 12.4. The van der Waals surface area contributed by atoms with Crippen LogP contribution in [0.4, 0.5) is 5.69 Å². The molecule has 144 valence electrons. The maximum absolute atomic E-state index is 12.4. The zero-order chi connectivity index (χ0) is 20.1. The van der Waals surface area contributed by atoms with Gasteiger partial charge in [-0.05, 0) is 49.2 Å². The molecule has 0 aliphatic rings. The molecule has 0 saturated heterocycles. The van der Waals surface area contributed by atoms with Crippen molar-refractivity contribution in [3.63, 3.8) is 0 Å². The van der Waals surface area contributed by atoms with Crippen molar-refractivity contribution in [3.8, 4) is 5.75 Å². The molecule has 0 saturated carbocycles. The van der Waals surface area contributed by atoms with Gasteiger partial charge in [0.25, 0.3) is 5.91 Å². The van der Waals surface area contributed by atoms with E-state index in [0.717, 1.165) is 11.1 Å². The lowest BCUT2D eigenvalue weighted by atomic mass is 10.00. The van der Waals surface area contributed by atoms with Crippen molar-refractivity contribution >= 4 is 23.2 Å². The summed E-state index contributed by atoms with van der Waals surface area (Å²) in [5.74, 6) is 0.352. The largest absolute Gasteiger partial charge is 0.483 e. The Kier molecular flexibility index (Phi) is 6.34. The highest BCUT2D eigenvalue weighted by Gasteiger charge is 2.17. The van der Waals surface area contributed by atoms with E-state index in [1.165, 1.54) is 0 Å². The van der Waals surface area contributed by atoms with Crippen molar-refractivity contribution < 1.29 is 14.6 Å². The molecule has 4 nitrogen and oxygen atoms in total. The highest BCUT2D eigenvalue weighted by atomic mass is 35.5. The Hall–Kier alpha value is -2.82. The first-order chi connectivity index (χ1) is 13.4. The number of hydrogen-bond acceptors (Lipinski definition) is 3. The number of benzene rings is 3. The number of halogens is 1. The van der Waals surface area contributed by atoms with Gasteiger partial charge in [-0.1, -0.05) is 59.6 Å². The second-order valence-electron chi connectivity index (χ2n) is 6.65. The van der Waals surface area contributed by atoms with Crippen LogP contribution in [0, 0.1) is 13.8 Å². The zero-order valence-electron chi connectivity index (χ0n) is 15.8. The molecule has 5 heteroatoms. The average Bonchev–Trinajstić information content (AvgIpc) is 2.69. The Labute approximate surface area is 169 Å². The second-order valence-corrected chi connectivity index (χ2v) is 7.09. The molecule has 0 aromatic heterocycles. The third-order valence-electron chi connectivity index (χ3n) is 4.39. The first-order valence-corrected chi connectivity index (χ1v) is 9.34. The molecule has 0 heterocycles. The molecule has 0 radical (unpaired) electrons. The van der Waals surface area contributed by atoms with Crippen LogP contribution in [0.2, 0.25) is 5.02 Å². The highest BCUT2D eigenvalue weighted by molar-refractivity contribution is 6.30. The fourth-order valence-corrected chi connectivity index (χ4v) is 3.16. The van der Waals surface area contributed by atoms with Crippen LogP contribution in [0.25, 0.3) is 0 Å². The summed E-state index contributed by atoms with van der Waals surface area (Å²) in [6.45, 7) is 3.81. The maximum Gasteiger partial charge on any atom is 0.262 e. The third kappa shape index (κ3) is 4.91. The Morgan fingerprint density at radius 2 is 1.82 bits per heavy atom. The number of rotatable bonds is 6. The molecule has 28 heavy (non-hydrogen) atoms. The molecular weight excluding hydrogens is 374 g/mol. The lowest BCUT2D eigenvalue weighted by Gasteiger charge is -2.17. The minimum atomic E-state index is -0.907. The monoisotopic (exact) mass is 395 g/mol. The number of aryl methyl sites for hydroxylation is 2. The lowest BCUT2D eigenvalue weighted by Crippen LogP contribution is -2.21. The van der Waals surface area contributed by atoms with Gasteiger partial charge in [-0.15, -0.1) is 0 Å². The predicted octanol–water partition coefficient (Wildman–Crippen LogP) is 5.06. The van der Waals surface area contributed by atoms with Crippen LogP contribution in [0.1, 0.15) is 28.4 Å². The average molecular weight is 396 g/mol. The second kappa shape index (κ2) is 8.91. The van der Waals surface area contributed by atoms with Crippen molar-refractivity contribution in [2.45, 2.75) is 20.0 Å². The van der Waals surface area contributed by atoms with Gasteiger partial charge in [0.1, 0.15) is 11.9 Å². The molecule has 0 bridgehead atoms. The Bertz CT molecular complexity index is 973. The summed E-state index contributed by atoms with van der Waals surface area (Å²) in [5, 5.41) is 14.0. The normalized spacial score (nSPS) is 11.7. The van der Waals surface area contributed by atoms with E-state index in [9.17, 15) is 9.90 Å². The summed E-state index contributed by atoms with van der Waals surface area (Å²) in [5.41, 5.74) is 3.84. The summed E-state index contributed by atoms with van der Waals surface area (Å²) >= 11 is 6.11. The fourth-order valence-electron chi connectivity index (χ4n) is 2.98. The number of carbonyl (C=O) groups is 1. The van der Waals surface area contributed by atoms with E-state index in [-0.39, 0.29) is 12.5 Å². The van der Waals surface area contributed by atoms with E-state index in [0.29, 0.717) is 27.6 Å². The first kappa shape index (κ1) is 19.9. The molecule has 2 N–H and O–H groups in total. The Morgan fingerprint density at radius 3 is 2.54 bits per heavy atom. The van der Waals surface area contributed by atoms with Gasteiger partial charge in [0.05, 0.1) is 0 Å². The van der Waals surface area contributed by atoms with Gasteiger partial charge >= 0.3 is 0 Å². The molecule has 0 aliphatic heterocycles. The fraction of sp³-hybridized carbons (Fsp3) is 0.174. The van der Waals surface area contributed by atoms with E-state index < -0.39 is 6.10 Å². The van der Waals surface area contributed by atoms with Gasteiger partial charge in [0, 0.05) is 16.3 Å². The van der Waals surface area contributed by atoms with Crippen molar-refractivity contribution in [2.75, 3.05) is 11.9 Å². The smallest absolute Gasteiger partial charge is 0.262 e. The van der Waals surface area contributed by atoms with Crippen molar-refractivity contribution in [2.24, 2.45) is 0 Å². The molecule has 1 amide bonds. The number of hydrogen-bond donors (Lipinski definition) is 2. The summed E-state index contributed by atoms with van der Waals surface area (Å²) in [6, 6.07) is 20.0. The minimum absolute atomic E-state index is 0.132. The predicted molar refractivity (Wildman–Crippen MR) is 112 cm³/mol. The Morgan fingerprint density at radius 1 is 1.07 bits per heavy atom. The molecule has 3 aromatic carbocycles. The molecule has 3 rings (SSSR count). The van der Waals surface area contributed by atoms with Crippen LogP contribution >= 0.6 is 11.6 Å². The number of amides is 1. The van der Waals surface area contributed by atoms with Gasteiger partial charge in [0.2, 0.25) is 0 Å². The molecule has 0 spiro atoms. The lowest BCUT2D eigenvalue weighted by molar-refractivity contribution is -0.118. The van der Waals surface area contributed by atoms with Crippen molar-refractivity contribution in [1.82, 2.24) is 0 Å². The van der Waals surface area contributed by atoms with Crippen molar-refractivity contribution in [1.29, 1.82) is 0 Å². The summed E-state index contributed by atoms with van der Waals surface area (Å²) in [7, 11) is 0. The van der Waals surface area contributed by atoms with Crippen LogP contribution < -0.4 is 10.1 Å². The molecule has 3 aromatic rings. The zero-order valence-corrected chi connectivity index (χ0v) is 16.5. The van der Waals surface area contributed by atoms with Crippen molar-refractivity contribution in [3.05, 3.63) is 94.0 Å². The van der Waals surface area contributed by atoms with Gasteiger partial charge in [-0.25, -0.2) is 0 Å². The third-order valence-corrected chi connectivity index (χ3v) is 4.62. The molecule has 0 fully saturated rings. The molecular formula is C23H22ClNO3. The first-order valence-electron chi connectivity index (χ1n) is 8.96. The summed E-state index contributed by atoms with van der Waals surface area (Å²) < 4.78 is 5.63. The minimum Gasteiger partial charge on any atom is -0.483 e.